The third-order valence-electron chi connectivity index (χ3n) is 2.91. The lowest BCUT2D eigenvalue weighted by molar-refractivity contribution is -0.138. The smallest absolute Gasteiger partial charge is 0.331 e. The van der Waals surface area contributed by atoms with Gasteiger partial charge in [0.1, 0.15) is 6.61 Å². The second-order valence-corrected chi connectivity index (χ2v) is 5.41. The number of benzene rings is 2. The number of phenolic OH excluding ortho intramolecular Hbond substituents is 1. The minimum Gasteiger partial charge on any atom is -0.504 e. The summed E-state index contributed by atoms with van der Waals surface area (Å²) in [7, 11) is 1.47. The number of rotatable bonds is 5. The van der Waals surface area contributed by atoms with E-state index in [1.165, 1.54) is 19.3 Å². The maximum absolute atomic E-state index is 11.7. The Morgan fingerprint density at radius 1 is 1.23 bits per heavy atom. The first-order chi connectivity index (χ1) is 10.6. The number of aromatic hydroxyl groups is 1. The molecule has 0 aliphatic rings. The Bertz CT molecular complexity index is 678. The molecule has 114 valence electrons. The van der Waals surface area contributed by atoms with Crippen molar-refractivity contribution >= 4 is 28.0 Å². The second kappa shape index (κ2) is 7.66. The van der Waals surface area contributed by atoms with Crippen molar-refractivity contribution in [3.8, 4) is 11.5 Å². The number of carbonyl (C=O) groups excluding carboxylic acids is 1. The van der Waals surface area contributed by atoms with E-state index in [9.17, 15) is 9.90 Å². The number of halogens is 1. The number of hydrogen-bond acceptors (Lipinski definition) is 4. The minimum atomic E-state index is -0.435. The van der Waals surface area contributed by atoms with Crippen LogP contribution in [0, 0.1) is 0 Å². The summed E-state index contributed by atoms with van der Waals surface area (Å²) < 4.78 is 11.1. The quantitative estimate of drug-likeness (QED) is 0.646. The molecule has 4 nitrogen and oxygen atoms in total. The topological polar surface area (TPSA) is 55.8 Å². The SMILES string of the molecule is COc1cc(C=CC(=O)OCc2ccc(Br)cc2)ccc1O. The Hall–Kier alpha value is -2.27. The minimum absolute atomic E-state index is 0.0532. The van der Waals surface area contributed by atoms with Gasteiger partial charge in [-0.3, -0.25) is 0 Å². The van der Waals surface area contributed by atoms with Gasteiger partial charge in [-0.2, -0.15) is 0 Å². The van der Waals surface area contributed by atoms with Gasteiger partial charge < -0.3 is 14.6 Å². The number of carbonyl (C=O) groups is 1. The lowest BCUT2D eigenvalue weighted by Gasteiger charge is -2.04. The van der Waals surface area contributed by atoms with Crippen LogP contribution in [0.2, 0.25) is 0 Å². The van der Waals surface area contributed by atoms with Gasteiger partial charge in [0, 0.05) is 10.5 Å². The number of esters is 1. The van der Waals surface area contributed by atoms with Crippen LogP contribution in [-0.4, -0.2) is 18.2 Å². The largest absolute Gasteiger partial charge is 0.504 e. The van der Waals surface area contributed by atoms with E-state index in [0.29, 0.717) is 5.75 Å². The molecule has 2 aromatic rings. The van der Waals surface area contributed by atoms with Crippen LogP contribution in [0.3, 0.4) is 0 Å². The van der Waals surface area contributed by atoms with Crippen molar-refractivity contribution in [1.82, 2.24) is 0 Å². The molecule has 1 N–H and O–H groups in total. The molecular formula is C17H15BrO4. The molecular weight excluding hydrogens is 348 g/mol. The monoisotopic (exact) mass is 362 g/mol. The normalized spacial score (nSPS) is 10.6. The molecule has 0 spiro atoms. The van der Waals surface area contributed by atoms with E-state index >= 15 is 0 Å². The Morgan fingerprint density at radius 2 is 1.95 bits per heavy atom. The van der Waals surface area contributed by atoms with E-state index < -0.39 is 5.97 Å². The summed E-state index contributed by atoms with van der Waals surface area (Å²) >= 11 is 3.35. The van der Waals surface area contributed by atoms with Gasteiger partial charge in [0.05, 0.1) is 7.11 Å². The number of hydrogen-bond donors (Lipinski definition) is 1. The highest BCUT2D eigenvalue weighted by Crippen LogP contribution is 2.26. The molecule has 0 saturated heterocycles. The van der Waals surface area contributed by atoms with Gasteiger partial charge in [-0.25, -0.2) is 4.79 Å². The molecule has 0 fully saturated rings. The van der Waals surface area contributed by atoms with Crippen molar-refractivity contribution < 1.29 is 19.4 Å². The number of ether oxygens (including phenoxy) is 2. The summed E-state index contributed by atoms with van der Waals surface area (Å²) in [5.74, 6) is -0.0298. The molecule has 0 atom stereocenters. The van der Waals surface area contributed by atoms with E-state index in [4.69, 9.17) is 9.47 Å². The first-order valence-electron chi connectivity index (χ1n) is 6.55. The molecule has 0 unspecified atom stereocenters. The molecule has 0 bridgehead atoms. The van der Waals surface area contributed by atoms with Crippen LogP contribution >= 0.6 is 15.9 Å². The van der Waals surface area contributed by atoms with E-state index in [0.717, 1.165) is 15.6 Å². The molecule has 0 saturated carbocycles. The summed E-state index contributed by atoms with van der Waals surface area (Å²) in [5.41, 5.74) is 1.64. The predicted molar refractivity (Wildman–Crippen MR) is 87.6 cm³/mol. The van der Waals surface area contributed by atoms with E-state index in [-0.39, 0.29) is 12.4 Å². The van der Waals surface area contributed by atoms with Crippen molar-refractivity contribution in [2.24, 2.45) is 0 Å². The van der Waals surface area contributed by atoms with Crippen molar-refractivity contribution in [3.63, 3.8) is 0 Å². The number of methoxy groups -OCH3 is 1. The second-order valence-electron chi connectivity index (χ2n) is 4.50. The number of phenols is 1. The van der Waals surface area contributed by atoms with Gasteiger partial charge in [0.2, 0.25) is 0 Å². The van der Waals surface area contributed by atoms with Crippen LogP contribution in [0.4, 0.5) is 0 Å². The summed E-state index contributed by atoms with van der Waals surface area (Å²) in [4.78, 5) is 11.7. The third kappa shape index (κ3) is 4.63. The van der Waals surface area contributed by atoms with E-state index in [1.807, 2.05) is 24.3 Å². The molecule has 0 radical (unpaired) electrons. The summed E-state index contributed by atoms with van der Waals surface area (Å²) in [6.07, 6.45) is 2.94. The summed E-state index contributed by atoms with van der Waals surface area (Å²) in [6, 6.07) is 12.4. The van der Waals surface area contributed by atoms with Crippen LogP contribution in [0.25, 0.3) is 6.08 Å². The van der Waals surface area contributed by atoms with Crippen LogP contribution in [-0.2, 0) is 16.1 Å². The lowest BCUT2D eigenvalue weighted by atomic mass is 10.2. The van der Waals surface area contributed by atoms with Gasteiger partial charge in [-0.15, -0.1) is 0 Å². The first-order valence-corrected chi connectivity index (χ1v) is 7.34. The lowest BCUT2D eigenvalue weighted by Crippen LogP contribution is -2.00. The van der Waals surface area contributed by atoms with Gasteiger partial charge in [-0.1, -0.05) is 34.1 Å². The van der Waals surface area contributed by atoms with E-state index in [2.05, 4.69) is 15.9 Å². The van der Waals surface area contributed by atoms with Crippen molar-refractivity contribution in [2.45, 2.75) is 6.61 Å². The van der Waals surface area contributed by atoms with Crippen LogP contribution in [0.5, 0.6) is 11.5 Å². The van der Waals surface area contributed by atoms with Crippen LogP contribution < -0.4 is 4.74 Å². The standard InChI is InChI=1S/C17H15BrO4/c1-21-16-10-12(4-8-15(16)19)5-9-17(20)22-11-13-2-6-14(18)7-3-13/h2-10,19H,11H2,1H3. The Balaban J connectivity index is 1.92. The van der Waals surface area contributed by atoms with E-state index in [1.54, 1.807) is 18.2 Å². The Kier molecular flexibility index (Phi) is 5.61. The molecule has 0 aliphatic heterocycles. The zero-order valence-corrected chi connectivity index (χ0v) is 13.5. The fourth-order valence-corrected chi connectivity index (χ4v) is 2.01. The highest BCUT2D eigenvalue weighted by atomic mass is 79.9. The highest BCUT2D eigenvalue weighted by molar-refractivity contribution is 9.10. The third-order valence-corrected chi connectivity index (χ3v) is 3.44. The molecule has 0 aliphatic carbocycles. The van der Waals surface area contributed by atoms with Crippen molar-refractivity contribution in [2.75, 3.05) is 7.11 Å². The molecule has 5 heteroatoms. The molecule has 2 rings (SSSR count). The van der Waals surface area contributed by atoms with Crippen LogP contribution in [0.15, 0.2) is 53.0 Å². The Morgan fingerprint density at radius 3 is 2.64 bits per heavy atom. The average Bonchev–Trinajstić information content (AvgIpc) is 2.53. The van der Waals surface area contributed by atoms with Crippen LogP contribution in [0.1, 0.15) is 11.1 Å². The van der Waals surface area contributed by atoms with Gasteiger partial charge in [0.25, 0.3) is 0 Å². The maximum Gasteiger partial charge on any atom is 0.331 e. The molecule has 0 heterocycles. The molecule has 0 aromatic heterocycles. The van der Waals surface area contributed by atoms with Gasteiger partial charge in [0.15, 0.2) is 11.5 Å². The summed E-state index contributed by atoms with van der Waals surface area (Å²) in [6.45, 7) is 0.218. The highest BCUT2D eigenvalue weighted by Gasteiger charge is 2.02. The fourth-order valence-electron chi connectivity index (χ4n) is 1.75. The van der Waals surface area contributed by atoms with Gasteiger partial charge >= 0.3 is 5.97 Å². The zero-order chi connectivity index (χ0) is 15.9. The summed E-state index contributed by atoms with van der Waals surface area (Å²) in [5, 5.41) is 9.50. The first kappa shape index (κ1) is 16.1. The average molecular weight is 363 g/mol. The van der Waals surface area contributed by atoms with Crippen molar-refractivity contribution in [1.29, 1.82) is 0 Å². The molecule has 2 aromatic carbocycles. The van der Waals surface area contributed by atoms with Gasteiger partial charge in [-0.05, 0) is 41.5 Å². The Labute approximate surface area is 137 Å². The fraction of sp³-hybridized carbons (Fsp3) is 0.118. The predicted octanol–water partition coefficient (Wildman–Crippen LogP) is 3.92. The van der Waals surface area contributed by atoms with Crippen molar-refractivity contribution in [3.05, 3.63) is 64.1 Å². The maximum atomic E-state index is 11.7. The molecule has 0 amide bonds. The zero-order valence-electron chi connectivity index (χ0n) is 12.0. The molecule has 22 heavy (non-hydrogen) atoms.